The molecule has 2 rings (SSSR count). The molecule has 0 atom stereocenters. The topological polar surface area (TPSA) is 54.4 Å². The maximum absolute atomic E-state index is 12.9. The summed E-state index contributed by atoms with van der Waals surface area (Å²) >= 11 is 0. The molecule has 1 heterocycles. The molecule has 0 saturated heterocycles. The van der Waals surface area contributed by atoms with Gasteiger partial charge in [0, 0.05) is 11.6 Å². The van der Waals surface area contributed by atoms with Gasteiger partial charge < -0.3 is 0 Å². The van der Waals surface area contributed by atoms with Crippen LogP contribution in [0.5, 0.6) is 0 Å². The Labute approximate surface area is 98.9 Å². The van der Waals surface area contributed by atoms with E-state index in [1.165, 1.54) is 0 Å². The van der Waals surface area contributed by atoms with Crippen molar-refractivity contribution >= 4 is 12.1 Å². The van der Waals surface area contributed by atoms with Gasteiger partial charge in [0.05, 0.1) is 5.69 Å². The number of hydrogen-bond acceptors (Lipinski definition) is 3. The molecule has 0 bridgehead atoms. The molecule has 1 saturated carbocycles. The lowest BCUT2D eigenvalue weighted by atomic mass is 10.1. The van der Waals surface area contributed by atoms with Gasteiger partial charge >= 0.3 is 0 Å². The number of halogens is 1. The van der Waals surface area contributed by atoms with E-state index < -0.39 is 6.67 Å². The fourth-order valence-electron chi connectivity index (χ4n) is 1.69. The molecular weight excluding hydrogens is 221 g/mol. The van der Waals surface area contributed by atoms with E-state index in [4.69, 9.17) is 0 Å². The number of hydrazone groups is 1. The lowest BCUT2D eigenvalue weighted by molar-refractivity contribution is -0.109. The van der Waals surface area contributed by atoms with Crippen molar-refractivity contribution in [3.8, 4) is 0 Å². The number of nitrogens with one attached hydrogen (secondary N) is 1. The van der Waals surface area contributed by atoms with Crippen molar-refractivity contribution < 1.29 is 9.18 Å². The summed E-state index contributed by atoms with van der Waals surface area (Å²) in [5.74, 6) is 0.509. The Hall–Kier alpha value is -1.78. The SMILES string of the molecule is Cc1ccc(C2CC2)nc1/C(CF)=N\NC=O. The van der Waals surface area contributed by atoms with E-state index in [1.807, 2.05) is 19.1 Å². The number of amides is 1. The van der Waals surface area contributed by atoms with Gasteiger partial charge in [0.1, 0.15) is 12.4 Å². The van der Waals surface area contributed by atoms with Crippen LogP contribution in [0.25, 0.3) is 0 Å². The van der Waals surface area contributed by atoms with Crippen molar-refractivity contribution in [1.29, 1.82) is 0 Å². The maximum Gasteiger partial charge on any atom is 0.227 e. The Kier molecular flexibility index (Phi) is 3.46. The third kappa shape index (κ3) is 2.67. The molecule has 0 unspecified atom stereocenters. The number of nitrogens with zero attached hydrogens (tertiary/aromatic N) is 2. The van der Waals surface area contributed by atoms with E-state index in [1.54, 1.807) is 0 Å². The van der Waals surface area contributed by atoms with E-state index in [-0.39, 0.29) is 5.71 Å². The summed E-state index contributed by atoms with van der Waals surface area (Å²) in [4.78, 5) is 14.6. The van der Waals surface area contributed by atoms with Crippen LogP contribution in [0.3, 0.4) is 0 Å². The minimum absolute atomic E-state index is 0.164. The minimum atomic E-state index is -0.747. The number of carbonyl (C=O) groups is 1. The second kappa shape index (κ2) is 5.03. The van der Waals surface area contributed by atoms with Gasteiger partial charge in [-0.2, -0.15) is 5.10 Å². The third-order valence-corrected chi connectivity index (χ3v) is 2.77. The highest BCUT2D eigenvalue weighted by Crippen LogP contribution is 2.39. The van der Waals surface area contributed by atoms with Crippen LogP contribution in [0.2, 0.25) is 0 Å². The average Bonchev–Trinajstić information content (AvgIpc) is 3.16. The molecule has 1 fully saturated rings. The first-order valence-electron chi connectivity index (χ1n) is 5.56. The first-order chi connectivity index (χ1) is 8.26. The summed E-state index contributed by atoms with van der Waals surface area (Å²) in [5, 5.41) is 3.67. The fraction of sp³-hybridized carbons (Fsp3) is 0.417. The monoisotopic (exact) mass is 235 g/mol. The minimum Gasteiger partial charge on any atom is -0.277 e. The molecule has 5 heteroatoms. The Balaban J connectivity index is 2.33. The lowest BCUT2D eigenvalue weighted by Gasteiger charge is -2.07. The summed E-state index contributed by atoms with van der Waals surface area (Å²) in [6.07, 6.45) is 2.70. The number of pyridine rings is 1. The van der Waals surface area contributed by atoms with Gasteiger partial charge in [-0.15, -0.1) is 0 Å². The summed E-state index contributed by atoms with van der Waals surface area (Å²) < 4.78 is 12.9. The van der Waals surface area contributed by atoms with Crippen molar-refractivity contribution in [1.82, 2.24) is 10.4 Å². The van der Waals surface area contributed by atoms with E-state index in [9.17, 15) is 9.18 Å². The predicted octanol–water partition coefficient (Wildman–Crippen LogP) is 1.69. The van der Waals surface area contributed by atoms with Crippen molar-refractivity contribution in [2.24, 2.45) is 5.10 Å². The van der Waals surface area contributed by atoms with Gasteiger partial charge in [0.15, 0.2) is 0 Å². The predicted molar refractivity (Wildman–Crippen MR) is 62.7 cm³/mol. The Morgan fingerprint density at radius 1 is 1.65 bits per heavy atom. The van der Waals surface area contributed by atoms with Gasteiger partial charge in [0.25, 0.3) is 0 Å². The zero-order chi connectivity index (χ0) is 12.3. The standard InChI is InChI=1S/C12H14FN3O/c1-8-2-5-10(9-3-4-9)15-12(8)11(6-13)16-14-7-17/h2,5,7,9H,3-4,6H2,1H3,(H,14,17)/b16-11-. The van der Waals surface area contributed by atoms with Gasteiger partial charge in [-0.1, -0.05) is 6.07 Å². The first-order valence-corrected chi connectivity index (χ1v) is 5.56. The van der Waals surface area contributed by atoms with Crippen LogP contribution in [0.15, 0.2) is 17.2 Å². The van der Waals surface area contributed by atoms with Crippen LogP contribution in [0, 0.1) is 6.92 Å². The van der Waals surface area contributed by atoms with E-state index in [0.717, 1.165) is 24.1 Å². The average molecular weight is 235 g/mol. The molecule has 90 valence electrons. The van der Waals surface area contributed by atoms with Crippen molar-refractivity contribution in [3.05, 3.63) is 29.1 Å². The summed E-state index contributed by atoms with van der Waals surface area (Å²) in [5.41, 5.74) is 4.66. The molecule has 0 aliphatic heterocycles. The van der Waals surface area contributed by atoms with Gasteiger partial charge in [-0.3, -0.25) is 9.78 Å². The largest absolute Gasteiger partial charge is 0.277 e. The Bertz CT molecular complexity index is 455. The zero-order valence-corrected chi connectivity index (χ0v) is 9.61. The highest BCUT2D eigenvalue weighted by atomic mass is 19.1. The van der Waals surface area contributed by atoms with Crippen LogP contribution in [-0.4, -0.2) is 23.8 Å². The van der Waals surface area contributed by atoms with Crippen LogP contribution >= 0.6 is 0 Å². The Morgan fingerprint density at radius 3 is 3.00 bits per heavy atom. The number of hydrogen-bond donors (Lipinski definition) is 1. The molecule has 0 radical (unpaired) electrons. The molecule has 0 spiro atoms. The summed E-state index contributed by atoms with van der Waals surface area (Å²) in [6.45, 7) is 1.11. The first kappa shape index (κ1) is 11.7. The molecule has 1 aliphatic rings. The van der Waals surface area contributed by atoms with E-state index >= 15 is 0 Å². The van der Waals surface area contributed by atoms with Gasteiger partial charge in [-0.05, 0) is 31.4 Å². The van der Waals surface area contributed by atoms with Crippen molar-refractivity contribution in [2.45, 2.75) is 25.7 Å². The number of carbonyl (C=O) groups excluding carboxylic acids is 1. The smallest absolute Gasteiger partial charge is 0.227 e. The van der Waals surface area contributed by atoms with E-state index in [0.29, 0.717) is 18.0 Å². The van der Waals surface area contributed by atoms with Crippen molar-refractivity contribution in [3.63, 3.8) is 0 Å². The Morgan fingerprint density at radius 2 is 2.41 bits per heavy atom. The van der Waals surface area contributed by atoms with Gasteiger partial charge in [0.2, 0.25) is 6.41 Å². The lowest BCUT2D eigenvalue weighted by Crippen LogP contribution is -2.15. The van der Waals surface area contributed by atoms with E-state index in [2.05, 4.69) is 15.5 Å². The number of alkyl halides is 1. The molecule has 1 aromatic heterocycles. The molecule has 17 heavy (non-hydrogen) atoms. The molecular formula is C12H14FN3O. The van der Waals surface area contributed by atoms with Crippen LogP contribution in [-0.2, 0) is 4.79 Å². The summed E-state index contributed by atoms with van der Waals surface area (Å²) in [7, 11) is 0. The van der Waals surface area contributed by atoms with Crippen LogP contribution in [0.4, 0.5) is 4.39 Å². The van der Waals surface area contributed by atoms with Crippen molar-refractivity contribution in [2.75, 3.05) is 6.67 Å². The molecule has 0 aromatic carbocycles. The molecule has 1 amide bonds. The second-order valence-electron chi connectivity index (χ2n) is 4.11. The summed E-state index contributed by atoms with van der Waals surface area (Å²) in [6, 6.07) is 3.89. The second-order valence-corrected chi connectivity index (χ2v) is 4.11. The molecule has 1 aliphatic carbocycles. The highest BCUT2D eigenvalue weighted by molar-refractivity contribution is 6.01. The zero-order valence-electron chi connectivity index (χ0n) is 9.61. The highest BCUT2D eigenvalue weighted by Gasteiger charge is 2.25. The van der Waals surface area contributed by atoms with Gasteiger partial charge in [-0.25, -0.2) is 9.82 Å². The quantitative estimate of drug-likeness (QED) is 0.479. The molecule has 4 nitrogen and oxygen atoms in total. The number of rotatable bonds is 5. The number of aromatic nitrogens is 1. The number of aryl methyl sites for hydroxylation is 1. The fourth-order valence-corrected chi connectivity index (χ4v) is 1.69. The van der Waals surface area contributed by atoms with Crippen LogP contribution in [0.1, 0.15) is 35.7 Å². The molecule has 1 aromatic rings. The molecule has 1 N–H and O–H groups in total. The third-order valence-electron chi connectivity index (χ3n) is 2.77. The maximum atomic E-state index is 12.9. The normalized spacial score (nSPS) is 15.8. The van der Waals surface area contributed by atoms with Crippen LogP contribution < -0.4 is 5.43 Å².